The summed E-state index contributed by atoms with van der Waals surface area (Å²) in [5.41, 5.74) is 0.667. The Kier molecular flexibility index (Phi) is 5.65. The molecule has 27 heavy (non-hydrogen) atoms. The Labute approximate surface area is 159 Å². The van der Waals surface area contributed by atoms with Crippen LogP contribution >= 0.6 is 0 Å². The fourth-order valence-electron chi connectivity index (χ4n) is 3.99. The van der Waals surface area contributed by atoms with Gasteiger partial charge in [-0.15, -0.1) is 5.10 Å². The second-order valence-corrected chi connectivity index (χ2v) is 7.40. The number of halogens is 1. The topological polar surface area (TPSA) is 57.2 Å². The van der Waals surface area contributed by atoms with Gasteiger partial charge >= 0.3 is 0 Å². The normalized spacial score (nSPS) is 19.0. The molecule has 2 aliphatic rings. The zero-order valence-corrected chi connectivity index (χ0v) is 15.6. The van der Waals surface area contributed by atoms with Gasteiger partial charge in [0.1, 0.15) is 5.82 Å². The first-order chi connectivity index (χ1) is 13.3. The number of para-hydroxylation sites is 1. The quantitative estimate of drug-likeness (QED) is 0.832. The molecule has 1 N–H and O–H groups in total. The molecule has 144 valence electrons. The first-order valence-electron chi connectivity index (χ1n) is 10.0. The summed E-state index contributed by atoms with van der Waals surface area (Å²) in [6, 6.07) is 7.43. The molecule has 1 aromatic heterocycles. The van der Waals surface area contributed by atoms with E-state index in [0.717, 1.165) is 32.0 Å². The van der Waals surface area contributed by atoms with Gasteiger partial charge in [-0.1, -0.05) is 37.8 Å². The predicted octanol–water partition coefficient (Wildman–Crippen LogP) is 3.47. The van der Waals surface area contributed by atoms with Crippen molar-refractivity contribution < 1.29 is 4.39 Å². The van der Waals surface area contributed by atoms with Gasteiger partial charge in [0.05, 0.1) is 11.9 Å². The van der Waals surface area contributed by atoms with Crippen molar-refractivity contribution in [3.8, 4) is 0 Å². The highest BCUT2D eigenvalue weighted by molar-refractivity contribution is 5.50. The van der Waals surface area contributed by atoms with Crippen LogP contribution in [0.15, 0.2) is 30.5 Å². The Morgan fingerprint density at radius 2 is 1.63 bits per heavy atom. The van der Waals surface area contributed by atoms with Crippen molar-refractivity contribution in [2.24, 2.45) is 0 Å². The van der Waals surface area contributed by atoms with Gasteiger partial charge < -0.3 is 15.1 Å². The molecule has 0 bridgehead atoms. The average Bonchev–Trinajstić information content (AvgIpc) is 2.97. The number of nitrogens with zero attached hydrogens (tertiary/aromatic N) is 5. The molecular formula is C20H27FN6. The molecule has 0 radical (unpaired) electrons. The highest BCUT2D eigenvalue weighted by Crippen LogP contribution is 2.23. The lowest BCUT2D eigenvalue weighted by molar-refractivity contribution is 0.591. The van der Waals surface area contributed by atoms with Crippen molar-refractivity contribution in [2.75, 3.05) is 41.3 Å². The maximum absolute atomic E-state index is 14.0. The summed E-state index contributed by atoms with van der Waals surface area (Å²) in [4.78, 5) is 8.89. The molecule has 1 aliphatic carbocycles. The lowest BCUT2D eigenvalue weighted by Crippen LogP contribution is -2.47. The van der Waals surface area contributed by atoms with Crippen LogP contribution in [0.4, 0.5) is 21.8 Å². The van der Waals surface area contributed by atoms with Gasteiger partial charge in [0.15, 0.2) is 5.82 Å². The van der Waals surface area contributed by atoms with E-state index in [-0.39, 0.29) is 5.82 Å². The Morgan fingerprint density at radius 1 is 0.926 bits per heavy atom. The zero-order valence-electron chi connectivity index (χ0n) is 15.6. The van der Waals surface area contributed by atoms with Crippen LogP contribution in [0.25, 0.3) is 0 Å². The summed E-state index contributed by atoms with van der Waals surface area (Å²) in [5.74, 6) is 1.30. The van der Waals surface area contributed by atoms with E-state index in [1.807, 2.05) is 12.1 Å². The molecule has 0 amide bonds. The number of benzene rings is 1. The lowest BCUT2D eigenvalue weighted by atomic mass is 10.1. The minimum Gasteiger partial charge on any atom is -0.366 e. The predicted molar refractivity (Wildman–Crippen MR) is 106 cm³/mol. The van der Waals surface area contributed by atoms with Crippen LogP contribution in [0.1, 0.15) is 38.5 Å². The largest absolute Gasteiger partial charge is 0.366 e. The first-order valence-corrected chi connectivity index (χ1v) is 10.0. The van der Waals surface area contributed by atoms with Crippen molar-refractivity contribution >= 4 is 17.5 Å². The molecule has 1 saturated heterocycles. The molecule has 2 heterocycles. The molecule has 2 fully saturated rings. The van der Waals surface area contributed by atoms with E-state index in [1.165, 1.54) is 44.6 Å². The SMILES string of the molecule is Fc1ccccc1N1CCN(c2nncc(NC3CCCCCC3)n2)CC1. The minimum atomic E-state index is -0.168. The van der Waals surface area contributed by atoms with Crippen molar-refractivity contribution in [3.05, 3.63) is 36.3 Å². The van der Waals surface area contributed by atoms with Gasteiger partial charge in [-0.3, -0.25) is 0 Å². The van der Waals surface area contributed by atoms with Crippen LogP contribution in [-0.2, 0) is 0 Å². The van der Waals surface area contributed by atoms with E-state index in [2.05, 4.69) is 30.3 Å². The Morgan fingerprint density at radius 3 is 2.37 bits per heavy atom. The first kappa shape index (κ1) is 17.9. The number of hydrogen-bond acceptors (Lipinski definition) is 6. The zero-order chi connectivity index (χ0) is 18.5. The van der Waals surface area contributed by atoms with Crippen LogP contribution in [0.3, 0.4) is 0 Å². The molecular weight excluding hydrogens is 343 g/mol. The van der Waals surface area contributed by atoms with E-state index >= 15 is 0 Å². The Hall–Kier alpha value is -2.44. The summed E-state index contributed by atoms with van der Waals surface area (Å²) in [6.07, 6.45) is 9.32. The monoisotopic (exact) mass is 370 g/mol. The maximum Gasteiger partial charge on any atom is 0.247 e. The Balaban J connectivity index is 1.37. The number of rotatable bonds is 4. The number of aromatic nitrogens is 3. The number of hydrogen-bond donors (Lipinski definition) is 1. The molecule has 4 rings (SSSR count). The summed E-state index contributed by atoms with van der Waals surface area (Å²) < 4.78 is 14.0. The number of anilines is 3. The third kappa shape index (κ3) is 4.46. The number of piperazine rings is 1. The van der Waals surface area contributed by atoms with Crippen LogP contribution in [0.2, 0.25) is 0 Å². The fourth-order valence-corrected chi connectivity index (χ4v) is 3.99. The van der Waals surface area contributed by atoms with Crippen molar-refractivity contribution in [2.45, 2.75) is 44.6 Å². The third-order valence-corrected chi connectivity index (χ3v) is 5.51. The molecule has 1 aromatic carbocycles. The van der Waals surface area contributed by atoms with Gasteiger partial charge in [0.25, 0.3) is 0 Å². The summed E-state index contributed by atoms with van der Waals surface area (Å²) in [7, 11) is 0. The molecule has 2 aromatic rings. The van der Waals surface area contributed by atoms with Crippen LogP contribution < -0.4 is 15.1 Å². The van der Waals surface area contributed by atoms with Crippen molar-refractivity contribution in [1.82, 2.24) is 15.2 Å². The van der Waals surface area contributed by atoms with E-state index in [0.29, 0.717) is 17.7 Å². The highest BCUT2D eigenvalue weighted by atomic mass is 19.1. The van der Waals surface area contributed by atoms with Gasteiger partial charge in [-0.2, -0.15) is 10.1 Å². The van der Waals surface area contributed by atoms with E-state index in [4.69, 9.17) is 0 Å². The summed E-state index contributed by atoms with van der Waals surface area (Å²) in [6.45, 7) is 2.99. The van der Waals surface area contributed by atoms with Crippen LogP contribution in [0, 0.1) is 5.82 Å². The molecule has 0 unspecified atom stereocenters. The number of nitrogens with one attached hydrogen (secondary N) is 1. The molecule has 0 spiro atoms. The molecule has 0 atom stereocenters. The van der Waals surface area contributed by atoms with Gasteiger partial charge in [0, 0.05) is 32.2 Å². The van der Waals surface area contributed by atoms with E-state index in [1.54, 1.807) is 12.3 Å². The molecule has 1 aliphatic heterocycles. The molecule has 7 heteroatoms. The third-order valence-electron chi connectivity index (χ3n) is 5.51. The Bertz CT molecular complexity index is 739. The molecule has 6 nitrogen and oxygen atoms in total. The average molecular weight is 370 g/mol. The standard InChI is InChI=1S/C20H27FN6/c21-17-9-5-6-10-18(17)26-11-13-27(14-12-26)20-24-19(15-22-25-20)23-16-7-3-1-2-4-8-16/h5-6,9-10,15-16H,1-4,7-8,11-14H2,(H,23,24,25). The van der Waals surface area contributed by atoms with Crippen molar-refractivity contribution in [3.63, 3.8) is 0 Å². The smallest absolute Gasteiger partial charge is 0.247 e. The summed E-state index contributed by atoms with van der Waals surface area (Å²) in [5, 5.41) is 11.9. The van der Waals surface area contributed by atoms with Crippen LogP contribution in [-0.4, -0.2) is 47.4 Å². The fraction of sp³-hybridized carbons (Fsp3) is 0.550. The maximum atomic E-state index is 14.0. The summed E-state index contributed by atoms with van der Waals surface area (Å²) >= 11 is 0. The van der Waals surface area contributed by atoms with Crippen LogP contribution in [0.5, 0.6) is 0 Å². The highest BCUT2D eigenvalue weighted by Gasteiger charge is 2.22. The van der Waals surface area contributed by atoms with E-state index in [9.17, 15) is 4.39 Å². The second-order valence-electron chi connectivity index (χ2n) is 7.40. The molecule has 1 saturated carbocycles. The van der Waals surface area contributed by atoms with Gasteiger partial charge in [0.2, 0.25) is 5.95 Å². The van der Waals surface area contributed by atoms with Gasteiger partial charge in [-0.25, -0.2) is 4.39 Å². The minimum absolute atomic E-state index is 0.168. The van der Waals surface area contributed by atoms with Gasteiger partial charge in [-0.05, 0) is 25.0 Å². The second kappa shape index (κ2) is 8.50. The lowest BCUT2D eigenvalue weighted by Gasteiger charge is -2.36. The van der Waals surface area contributed by atoms with E-state index < -0.39 is 0 Å². The van der Waals surface area contributed by atoms with Crippen molar-refractivity contribution in [1.29, 1.82) is 0 Å².